The molecule has 120 valence electrons. The van der Waals surface area contributed by atoms with Crippen LogP contribution in [0.5, 0.6) is 0 Å². The highest BCUT2D eigenvalue weighted by Crippen LogP contribution is 2.29. The molecule has 5 heteroatoms. The number of nitriles is 1. The zero-order valence-corrected chi connectivity index (χ0v) is 13.6. The van der Waals surface area contributed by atoms with Gasteiger partial charge in [0.2, 0.25) is 0 Å². The first-order chi connectivity index (χ1) is 11.7. The number of hydrogen-bond donors (Lipinski definition) is 2. The molecule has 0 atom stereocenters. The van der Waals surface area contributed by atoms with Crippen LogP contribution in [-0.2, 0) is 0 Å². The fourth-order valence-corrected chi connectivity index (χ4v) is 2.59. The summed E-state index contributed by atoms with van der Waals surface area (Å²) in [5.41, 5.74) is 8.91. The van der Waals surface area contributed by atoms with Crippen molar-refractivity contribution in [2.75, 3.05) is 17.6 Å². The van der Waals surface area contributed by atoms with Crippen molar-refractivity contribution >= 4 is 22.5 Å². The number of rotatable bonds is 5. The van der Waals surface area contributed by atoms with Crippen LogP contribution in [0.2, 0.25) is 0 Å². The first kappa shape index (κ1) is 15.8. The smallest absolute Gasteiger partial charge is 0.148 e. The standard InChI is InChI=1S/C19H19N5/c1-2-3-11-22-19-15(12-20)17-14(18(21)24-19)9-10-16(23-17)13-7-5-4-6-8-13/h4-10H,2-3,11H2,1H3,(H3,21,22,24). The maximum absolute atomic E-state index is 9.61. The van der Waals surface area contributed by atoms with Crippen molar-refractivity contribution < 1.29 is 0 Å². The normalized spacial score (nSPS) is 10.5. The van der Waals surface area contributed by atoms with Crippen LogP contribution < -0.4 is 11.1 Å². The average Bonchev–Trinajstić information content (AvgIpc) is 2.62. The number of nitrogens with two attached hydrogens (primary N) is 1. The summed E-state index contributed by atoms with van der Waals surface area (Å²) in [5, 5.41) is 13.5. The molecule has 0 radical (unpaired) electrons. The van der Waals surface area contributed by atoms with Gasteiger partial charge in [0.1, 0.15) is 23.3 Å². The fourth-order valence-electron chi connectivity index (χ4n) is 2.59. The summed E-state index contributed by atoms with van der Waals surface area (Å²) in [6.45, 7) is 2.87. The Morgan fingerprint density at radius 3 is 2.62 bits per heavy atom. The Morgan fingerprint density at radius 1 is 1.12 bits per heavy atom. The number of nitrogen functional groups attached to an aromatic ring is 1. The van der Waals surface area contributed by atoms with Gasteiger partial charge < -0.3 is 11.1 Å². The predicted octanol–water partition coefficient (Wildman–Crippen LogP) is 3.96. The maximum atomic E-state index is 9.61. The summed E-state index contributed by atoms with van der Waals surface area (Å²) in [5.74, 6) is 0.892. The zero-order valence-electron chi connectivity index (χ0n) is 13.6. The Morgan fingerprint density at radius 2 is 1.92 bits per heavy atom. The first-order valence-corrected chi connectivity index (χ1v) is 8.04. The minimum atomic E-state index is 0.384. The first-order valence-electron chi connectivity index (χ1n) is 8.04. The molecule has 3 aromatic rings. The molecule has 0 bridgehead atoms. The third-order valence-corrected chi connectivity index (χ3v) is 3.88. The molecule has 0 spiro atoms. The Labute approximate surface area is 141 Å². The Hall–Kier alpha value is -3.13. The van der Waals surface area contributed by atoms with Crippen molar-refractivity contribution in [3.63, 3.8) is 0 Å². The molecule has 1 aromatic carbocycles. The zero-order chi connectivity index (χ0) is 16.9. The molecule has 0 unspecified atom stereocenters. The van der Waals surface area contributed by atoms with Crippen molar-refractivity contribution in [2.45, 2.75) is 19.8 Å². The van der Waals surface area contributed by atoms with Gasteiger partial charge in [-0.2, -0.15) is 5.26 Å². The summed E-state index contributed by atoms with van der Waals surface area (Å²) in [4.78, 5) is 9.03. The van der Waals surface area contributed by atoms with E-state index in [4.69, 9.17) is 5.73 Å². The Bertz CT molecular complexity index is 897. The fraction of sp³-hybridized carbons (Fsp3) is 0.211. The molecule has 2 heterocycles. The van der Waals surface area contributed by atoms with E-state index in [0.717, 1.165) is 30.6 Å². The SMILES string of the molecule is CCCCNc1nc(N)c2ccc(-c3ccccc3)nc2c1C#N. The van der Waals surface area contributed by atoms with Gasteiger partial charge in [-0.3, -0.25) is 0 Å². The van der Waals surface area contributed by atoms with E-state index in [9.17, 15) is 5.26 Å². The molecule has 0 aliphatic rings. The lowest BCUT2D eigenvalue weighted by molar-refractivity contribution is 0.831. The molecule has 5 nitrogen and oxygen atoms in total. The van der Waals surface area contributed by atoms with Gasteiger partial charge >= 0.3 is 0 Å². The number of unbranched alkanes of at least 4 members (excludes halogenated alkanes) is 1. The van der Waals surface area contributed by atoms with Crippen LogP contribution in [0, 0.1) is 11.3 Å². The Kier molecular flexibility index (Phi) is 4.57. The van der Waals surface area contributed by atoms with Crippen molar-refractivity contribution in [3.05, 3.63) is 48.0 Å². The van der Waals surface area contributed by atoms with Crippen molar-refractivity contribution in [1.82, 2.24) is 9.97 Å². The molecular weight excluding hydrogens is 298 g/mol. The molecule has 0 saturated carbocycles. The lowest BCUT2D eigenvalue weighted by atomic mass is 10.1. The van der Waals surface area contributed by atoms with Gasteiger partial charge in [-0.15, -0.1) is 0 Å². The quantitative estimate of drug-likeness (QED) is 0.695. The van der Waals surface area contributed by atoms with Crippen LogP contribution >= 0.6 is 0 Å². The maximum Gasteiger partial charge on any atom is 0.148 e. The number of benzene rings is 1. The minimum absolute atomic E-state index is 0.384. The lowest BCUT2D eigenvalue weighted by Gasteiger charge is -2.11. The summed E-state index contributed by atoms with van der Waals surface area (Å²) in [7, 11) is 0. The second kappa shape index (κ2) is 6.97. The van der Waals surface area contributed by atoms with Gasteiger partial charge in [0.15, 0.2) is 0 Å². The molecule has 0 aliphatic heterocycles. The van der Waals surface area contributed by atoms with Crippen molar-refractivity contribution in [1.29, 1.82) is 5.26 Å². The molecule has 3 rings (SSSR count). The second-order valence-electron chi connectivity index (χ2n) is 5.57. The van der Waals surface area contributed by atoms with Crippen LogP contribution in [-0.4, -0.2) is 16.5 Å². The summed E-state index contributed by atoms with van der Waals surface area (Å²) in [6, 6.07) is 15.9. The average molecular weight is 317 g/mol. The molecule has 0 aliphatic carbocycles. The number of nitrogens with one attached hydrogen (secondary N) is 1. The number of pyridine rings is 2. The van der Waals surface area contributed by atoms with Gasteiger partial charge in [0, 0.05) is 17.5 Å². The van der Waals surface area contributed by atoms with Crippen LogP contribution in [0.1, 0.15) is 25.3 Å². The van der Waals surface area contributed by atoms with E-state index >= 15 is 0 Å². The van der Waals surface area contributed by atoms with E-state index in [1.807, 2.05) is 42.5 Å². The number of fused-ring (bicyclic) bond motifs is 1. The molecule has 0 amide bonds. The summed E-state index contributed by atoms with van der Waals surface area (Å²) >= 11 is 0. The van der Waals surface area contributed by atoms with E-state index in [0.29, 0.717) is 28.1 Å². The molecule has 24 heavy (non-hydrogen) atoms. The van der Waals surface area contributed by atoms with E-state index in [2.05, 4.69) is 28.3 Å². The van der Waals surface area contributed by atoms with Crippen LogP contribution in [0.15, 0.2) is 42.5 Å². The number of anilines is 2. The number of hydrogen-bond acceptors (Lipinski definition) is 5. The van der Waals surface area contributed by atoms with Crippen LogP contribution in [0.25, 0.3) is 22.2 Å². The minimum Gasteiger partial charge on any atom is -0.383 e. The van der Waals surface area contributed by atoms with Crippen molar-refractivity contribution in [3.8, 4) is 17.3 Å². The highest BCUT2D eigenvalue weighted by Gasteiger charge is 2.14. The predicted molar refractivity (Wildman–Crippen MR) is 97.5 cm³/mol. The molecule has 3 N–H and O–H groups in total. The van der Waals surface area contributed by atoms with Gasteiger partial charge in [-0.25, -0.2) is 9.97 Å². The number of aromatic nitrogens is 2. The second-order valence-corrected chi connectivity index (χ2v) is 5.57. The monoisotopic (exact) mass is 317 g/mol. The highest BCUT2D eigenvalue weighted by atomic mass is 15.0. The van der Waals surface area contributed by atoms with E-state index in [-0.39, 0.29) is 0 Å². The van der Waals surface area contributed by atoms with Gasteiger partial charge in [-0.1, -0.05) is 43.7 Å². The molecule has 0 fully saturated rings. The van der Waals surface area contributed by atoms with Crippen LogP contribution in [0.4, 0.5) is 11.6 Å². The van der Waals surface area contributed by atoms with Crippen molar-refractivity contribution in [2.24, 2.45) is 0 Å². The molecular formula is C19H19N5. The number of nitrogens with zero attached hydrogens (tertiary/aromatic N) is 3. The third-order valence-electron chi connectivity index (χ3n) is 3.88. The molecule has 2 aromatic heterocycles. The largest absolute Gasteiger partial charge is 0.383 e. The van der Waals surface area contributed by atoms with E-state index in [1.165, 1.54) is 0 Å². The van der Waals surface area contributed by atoms with E-state index < -0.39 is 0 Å². The van der Waals surface area contributed by atoms with Gasteiger partial charge in [0.05, 0.1) is 11.2 Å². The summed E-state index contributed by atoms with van der Waals surface area (Å²) in [6.07, 6.45) is 2.07. The summed E-state index contributed by atoms with van der Waals surface area (Å²) < 4.78 is 0. The van der Waals surface area contributed by atoms with Gasteiger partial charge in [0.25, 0.3) is 0 Å². The Balaban J connectivity index is 2.14. The lowest BCUT2D eigenvalue weighted by Crippen LogP contribution is -2.08. The highest BCUT2D eigenvalue weighted by molar-refractivity contribution is 5.96. The van der Waals surface area contributed by atoms with Crippen LogP contribution in [0.3, 0.4) is 0 Å². The van der Waals surface area contributed by atoms with Gasteiger partial charge in [-0.05, 0) is 18.6 Å². The molecule has 0 saturated heterocycles. The third kappa shape index (κ3) is 2.99. The van der Waals surface area contributed by atoms with E-state index in [1.54, 1.807) is 0 Å². The topological polar surface area (TPSA) is 87.6 Å².